The monoisotopic (exact) mass is 1150 g/mol. The highest BCUT2D eigenvalue weighted by Crippen LogP contribution is 2.71. The zero-order valence-electron chi connectivity index (χ0n) is 48.0. The van der Waals surface area contributed by atoms with Gasteiger partial charge in [0.1, 0.15) is 24.4 Å². The van der Waals surface area contributed by atoms with E-state index in [1.54, 1.807) is 39.0 Å². The molecule has 20 nitrogen and oxygen atoms in total. The molecule has 0 heterocycles. The van der Waals surface area contributed by atoms with Crippen LogP contribution in [0.25, 0.3) is 0 Å². The lowest BCUT2D eigenvalue weighted by Gasteiger charge is -2.62. The van der Waals surface area contributed by atoms with Crippen LogP contribution in [0, 0.1) is 57.2 Å². The number of fused-ring (bicyclic) bond motifs is 10. The molecule has 6 saturated carbocycles. The van der Waals surface area contributed by atoms with Crippen LogP contribution in [0.1, 0.15) is 118 Å². The van der Waals surface area contributed by atoms with Gasteiger partial charge in [-0.25, -0.2) is 4.39 Å². The normalized spacial score (nSPS) is 37.7. The SMILES string of the molecule is C[C@@H]1CC2C3CCC4=CC(=O)C=C[C@]4(C)[C@@]3(F)[C@@H](O)C[C@]2(C)[C@@]1(O)C(=O)COC(=O)CCC(=O)OCCOCCOCCOCCOCCOC(=O)CCC(=O)OCC(=O)[C@@]1(O)CCC2C3CCC4=CC(=O)C=C[C@]4(C)C3[C@@H](O)C[C@@]21C. The van der Waals surface area contributed by atoms with Crippen LogP contribution >= 0.6 is 0 Å². The molecule has 0 spiro atoms. The van der Waals surface area contributed by atoms with Crippen molar-refractivity contribution >= 4 is 47.0 Å². The van der Waals surface area contributed by atoms with Crippen LogP contribution < -0.4 is 0 Å². The van der Waals surface area contributed by atoms with Crippen LogP contribution in [0.3, 0.4) is 0 Å². The molecule has 454 valence electrons. The number of halogens is 1. The number of Topliss-reactive ketones (excluding diaryl/α,β-unsaturated/α-hetero) is 2. The highest BCUT2D eigenvalue weighted by Gasteiger charge is 2.76. The smallest absolute Gasteiger partial charge is 0.306 e. The maximum absolute atomic E-state index is 17.5. The van der Waals surface area contributed by atoms with Gasteiger partial charge in [0.15, 0.2) is 30.4 Å². The minimum Gasteiger partial charge on any atom is -0.463 e. The first-order valence-electron chi connectivity index (χ1n) is 29.2. The molecule has 82 heavy (non-hydrogen) atoms. The lowest BCUT2D eigenvalue weighted by molar-refractivity contribution is -0.220. The highest BCUT2D eigenvalue weighted by atomic mass is 19.1. The lowest BCUT2D eigenvalue weighted by atomic mass is 9.44. The van der Waals surface area contributed by atoms with E-state index in [1.165, 1.54) is 12.2 Å². The molecule has 0 saturated heterocycles. The summed E-state index contributed by atoms with van der Waals surface area (Å²) in [6.07, 6.45) is 9.06. The van der Waals surface area contributed by atoms with Crippen molar-refractivity contribution in [1.29, 1.82) is 0 Å². The van der Waals surface area contributed by atoms with Crippen molar-refractivity contribution in [3.05, 3.63) is 47.6 Å². The Morgan fingerprint density at radius 3 is 1.63 bits per heavy atom. The van der Waals surface area contributed by atoms with Gasteiger partial charge in [-0.2, -0.15) is 0 Å². The fourth-order valence-electron chi connectivity index (χ4n) is 16.3. The van der Waals surface area contributed by atoms with E-state index < -0.39 is 117 Å². The summed E-state index contributed by atoms with van der Waals surface area (Å²) in [4.78, 5) is 101. The van der Waals surface area contributed by atoms with E-state index >= 15 is 4.39 Å². The summed E-state index contributed by atoms with van der Waals surface area (Å²) in [5.41, 5.74) is -8.17. The number of rotatable bonds is 27. The molecule has 0 bridgehead atoms. The second-order valence-corrected chi connectivity index (χ2v) is 24.8. The van der Waals surface area contributed by atoms with Gasteiger partial charge in [0.25, 0.3) is 0 Å². The molecule has 5 unspecified atom stereocenters. The van der Waals surface area contributed by atoms with Crippen molar-refractivity contribution in [2.45, 2.75) is 147 Å². The van der Waals surface area contributed by atoms with Gasteiger partial charge in [0, 0.05) is 33.5 Å². The Labute approximate surface area is 477 Å². The molecule has 8 rings (SSSR count). The maximum atomic E-state index is 17.5. The van der Waals surface area contributed by atoms with Crippen LogP contribution in [0.4, 0.5) is 4.39 Å². The Bertz CT molecular complexity index is 2590. The standard InChI is InChI=1S/C61H83FO20/c1-37-30-45-44-9-7-39-32-41(64)15-18-56(39,3)60(44,62)47(66)34-58(45,5)61(37,74)49(68)36-82-53(72)13-11-51(70)80-29-27-78-25-23-76-21-20-75-22-24-77-26-28-79-50(69)10-12-52(71)81-35-48(67)59(73)19-16-43-42-8-6-38-31-40(63)14-17-55(38,2)54(42)46(65)33-57(43,59)4/h14-15,17-18,31-32,37,42-47,54,65-66,73-74H,6-13,16,19-30,33-36H2,1-5H3/t37-,42?,43?,44?,45?,46+,47+,54?,55+,56+,57+,58+,59+,60+,61+/m1/s1. The maximum Gasteiger partial charge on any atom is 0.306 e. The van der Waals surface area contributed by atoms with Crippen molar-refractivity contribution < 1.29 is 101 Å². The topological polar surface area (TPSA) is 291 Å². The number of carbonyl (C=O) groups is 8. The number of allylic oxidation sites excluding steroid dienone is 8. The van der Waals surface area contributed by atoms with Gasteiger partial charge in [-0.3, -0.25) is 38.4 Å². The second-order valence-electron chi connectivity index (χ2n) is 24.8. The van der Waals surface area contributed by atoms with Gasteiger partial charge < -0.3 is 58.3 Å². The first-order valence-corrected chi connectivity index (χ1v) is 29.2. The van der Waals surface area contributed by atoms with Crippen LogP contribution in [0.5, 0.6) is 0 Å². The first-order chi connectivity index (χ1) is 38.8. The number of hydrogen-bond acceptors (Lipinski definition) is 20. The number of ketones is 4. The molecule has 8 aliphatic carbocycles. The minimum atomic E-state index is -2.12. The number of ether oxygens (including phenoxy) is 8. The quantitative estimate of drug-likeness (QED) is 0.0507. The molecule has 0 radical (unpaired) electrons. The van der Waals surface area contributed by atoms with Gasteiger partial charge in [-0.15, -0.1) is 0 Å². The Morgan fingerprint density at radius 1 is 0.585 bits per heavy atom. The average molecular weight is 1160 g/mol. The van der Waals surface area contributed by atoms with Gasteiger partial charge in [-0.05, 0) is 113 Å². The molecular weight excluding hydrogens is 1070 g/mol. The number of hydrogen-bond donors (Lipinski definition) is 4. The van der Waals surface area contributed by atoms with E-state index in [0.29, 0.717) is 37.7 Å². The third-order valence-corrected chi connectivity index (χ3v) is 20.6. The summed E-state index contributed by atoms with van der Waals surface area (Å²) in [6, 6.07) is 0. The summed E-state index contributed by atoms with van der Waals surface area (Å²) < 4.78 is 59.9. The molecule has 0 aromatic heterocycles. The van der Waals surface area contributed by atoms with Crippen molar-refractivity contribution in [2.24, 2.45) is 57.2 Å². The van der Waals surface area contributed by atoms with Crippen LogP contribution in [-0.2, 0) is 76.3 Å². The van der Waals surface area contributed by atoms with E-state index in [1.807, 2.05) is 13.0 Å². The zero-order valence-corrected chi connectivity index (χ0v) is 48.0. The third-order valence-electron chi connectivity index (χ3n) is 20.6. The average Bonchev–Trinajstić information content (AvgIpc) is 1.47. The Balaban J connectivity index is 0.598. The second kappa shape index (κ2) is 25.4. The minimum absolute atomic E-state index is 0.0289. The molecule has 4 N–H and O–H groups in total. The molecule has 21 heteroatoms. The largest absolute Gasteiger partial charge is 0.463 e. The summed E-state index contributed by atoms with van der Waals surface area (Å²) in [6.45, 7) is 9.04. The van der Waals surface area contributed by atoms with Crippen molar-refractivity contribution in [3.8, 4) is 0 Å². The lowest BCUT2D eigenvalue weighted by Crippen LogP contribution is -2.69. The van der Waals surface area contributed by atoms with Gasteiger partial charge >= 0.3 is 23.9 Å². The fraction of sp³-hybridized carbons (Fsp3) is 0.738. The molecule has 8 aliphatic rings. The van der Waals surface area contributed by atoms with Crippen LogP contribution in [0.2, 0.25) is 0 Å². The first kappa shape index (κ1) is 63.2. The molecule has 0 aromatic rings. The number of alkyl halides is 1. The molecule has 6 fully saturated rings. The number of esters is 4. The Hall–Kier alpha value is -4.87. The third kappa shape index (κ3) is 11.8. The fourth-order valence-corrected chi connectivity index (χ4v) is 16.3. The Morgan fingerprint density at radius 2 is 1.07 bits per heavy atom. The van der Waals surface area contributed by atoms with Crippen LogP contribution in [-0.4, -0.2) is 176 Å². The van der Waals surface area contributed by atoms with Gasteiger partial charge in [0.2, 0.25) is 11.6 Å². The van der Waals surface area contributed by atoms with E-state index in [-0.39, 0.29) is 140 Å². The van der Waals surface area contributed by atoms with Crippen molar-refractivity contribution in [1.82, 2.24) is 0 Å². The summed E-state index contributed by atoms with van der Waals surface area (Å²) in [5.74, 6) is -6.64. The predicted octanol–water partition coefficient (Wildman–Crippen LogP) is 4.28. The summed E-state index contributed by atoms with van der Waals surface area (Å²) >= 11 is 0. The van der Waals surface area contributed by atoms with Crippen molar-refractivity contribution in [3.63, 3.8) is 0 Å². The Kier molecular flexibility index (Phi) is 19.5. The molecular formula is C61H83FO20. The summed E-state index contributed by atoms with van der Waals surface area (Å²) in [5, 5.41) is 47.2. The van der Waals surface area contributed by atoms with E-state index in [4.69, 9.17) is 37.9 Å². The predicted molar refractivity (Wildman–Crippen MR) is 286 cm³/mol. The van der Waals surface area contributed by atoms with Gasteiger partial charge in [-0.1, -0.05) is 51.0 Å². The molecule has 0 aromatic carbocycles. The highest BCUT2D eigenvalue weighted by molar-refractivity contribution is 6.02. The van der Waals surface area contributed by atoms with E-state index in [9.17, 15) is 58.8 Å². The molecule has 0 amide bonds. The van der Waals surface area contributed by atoms with Gasteiger partial charge in [0.05, 0.1) is 90.7 Å². The number of carbonyl (C=O) groups excluding carboxylic acids is 8. The van der Waals surface area contributed by atoms with Crippen LogP contribution in [0.15, 0.2) is 47.6 Å². The zero-order chi connectivity index (χ0) is 59.5. The number of aliphatic hydroxyl groups excluding tert-OH is 2. The number of aliphatic hydroxyl groups is 4. The molecule has 0 aliphatic heterocycles. The van der Waals surface area contributed by atoms with Crippen molar-refractivity contribution in [2.75, 3.05) is 79.3 Å². The summed E-state index contributed by atoms with van der Waals surface area (Å²) in [7, 11) is 0. The molecule has 15 atom stereocenters. The van der Waals surface area contributed by atoms with E-state index in [2.05, 4.69) is 6.92 Å². The van der Waals surface area contributed by atoms with E-state index in [0.717, 1.165) is 12.0 Å².